The fraction of sp³-hybridized carbons (Fsp3) is 0.346. The Morgan fingerprint density at radius 3 is 2.58 bits per heavy atom. The summed E-state index contributed by atoms with van der Waals surface area (Å²) in [5.74, 6) is -0.667. The number of nitrogens with zero attached hydrogens (tertiary/aromatic N) is 2. The van der Waals surface area contributed by atoms with Gasteiger partial charge in [0.2, 0.25) is 0 Å². The van der Waals surface area contributed by atoms with Gasteiger partial charge in [-0.3, -0.25) is 19.8 Å². The Kier molecular flexibility index (Phi) is 5.87. The zero-order valence-corrected chi connectivity index (χ0v) is 21.3. The molecule has 172 valence electrons. The van der Waals surface area contributed by atoms with E-state index in [9.17, 15) is 9.59 Å². The fourth-order valence-corrected chi connectivity index (χ4v) is 5.21. The van der Waals surface area contributed by atoms with Crippen molar-refractivity contribution in [3.63, 3.8) is 0 Å². The van der Waals surface area contributed by atoms with Crippen LogP contribution in [0.2, 0.25) is 5.02 Å². The molecule has 1 saturated heterocycles. The molecule has 0 bridgehead atoms. The summed E-state index contributed by atoms with van der Waals surface area (Å²) in [6.45, 7) is 10.5. The van der Waals surface area contributed by atoms with E-state index in [1.807, 2.05) is 44.2 Å². The van der Waals surface area contributed by atoms with Crippen LogP contribution in [0.4, 0.5) is 11.4 Å². The van der Waals surface area contributed by atoms with E-state index in [4.69, 9.17) is 23.8 Å². The van der Waals surface area contributed by atoms with Gasteiger partial charge < -0.3 is 4.90 Å². The van der Waals surface area contributed by atoms with Gasteiger partial charge in [0, 0.05) is 23.3 Å². The van der Waals surface area contributed by atoms with Crippen LogP contribution in [0.3, 0.4) is 0 Å². The second kappa shape index (κ2) is 8.26. The normalized spacial score (nSPS) is 21.4. The zero-order chi connectivity index (χ0) is 24.2. The first-order valence-electron chi connectivity index (χ1n) is 11.0. The van der Waals surface area contributed by atoms with E-state index >= 15 is 0 Å². The highest BCUT2D eigenvalue weighted by molar-refractivity contribution is 7.80. The first-order chi connectivity index (χ1) is 15.4. The van der Waals surface area contributed by atoms with Gasteiger partial charge in [-0.2, -0.15) is 0 Å². The number of carbonyl (C=O) groups is 2. The average molecular weight is 482 g/mol. The van der Waals surface area contributed by atoms with Crippen molar-refractivity contribution in [2.24, 2.45) is 0 Å². The summed E-state index contributed by atoms with van der Waals surface area (Å²) < 4.78 is 0. The van der Waals surface area contributed by atoms with E-state index in [0.29, 0.717) is 22.2 Å². The molecule has 2 amide bonds. The van der Waals surface area contributed by atoms with Crippen LogP contribution in [0, 0.1) is 13.8 Å². The third-order valence-electron chi connectivity index (χ3n) is 6.97. The van der Waals surface area contributed by atoms with Gasteiger partial charge in [-0.15, -0.1) is 0 Å². The minimum absolute atomic E-state index is 0.00324. The maximum Gasteiger partial charge on any atom is 0.270 e. The lowest BCUT2D eigenvalue weighted by molar-refractivity contribution is -0.122. The molecule has 0 unspecified atom stereocenters. The van der Waals surface area contributed by atoms with Crippen molar-refractivity contribution < 1.29 is 9.59 Å². The van der Waals surface area contributed by atoms with Gasteiger partial charge in [0.05, 0.1) is 5.69 Å². The Hall–Kier alpha value is -2.70. The third-order valence-corrected chi connectivity index (χ3v) is 7.58. The van der Waals surface area contributed by atoms with Crippen molar-refractivity contribution in [2.75, 3.05) is 16.8 Å². The minimum atomic E-state index is -0.522. The molecule has 7 heteroatoms. The monoisotopic (exact) mass is 481 g/mol. The highest BCUT2D eigenvalue weighted by Crippen LogP contribution is 2.44. The number of carbonyl (C=O) groups excluding carboxylic acids is 2. The standard InChI is InChI=1S/C26H28ClN3O2S/c1-14-8-7-9-21(16(14)3)30-24(32)19(23(31)28-25(30)33)11-17-10-18-15(2)13-26(4,5)29(6)22(18)12-20(17)27/h7-12,15H,13H2,1-6H3,(H,28,31,33)/b19-11+/t15-/m1/s1. The summed E-state index contributed by atoms with van der Waals surface area (Å²) in [6.07, 6.45) is 2.56. The topological polar surface area (TPSA) is 52.7 Å². The Morgan fingerprint density at radius 2 is 1.88 bits per heavy atom. The molecule has 0 aromatic heterocycles. The number of halogens is 1. The average Bonchev–Trinajstić information content (AvgIpc) is 2.72. The third kappa shape index (κ3) is 3.96. The molecular formula is C26H28ClN3O2S. The van der Waals surface area contributed by atoms with Crippen LogP contribution in [0.1, 0.15) is 55.4 Å². The molecule has 0 spiro atoms. The molecule has 0 saturated carbocycles. The maximum atomic E-state index is 13.5. The van der Waals surface area contributed by atoms with Crippen LogP contribution in [0.5, 0.6) is 0 Å². The van der Waals surface area contributed by atoms with E-state index in [0.717, 1.165) is 28.8 Å². The van der Waals surface area contributed by atoms with Crippen LogP contribution in [-0.4, -0.2) is 29.5 Å². The summed E-state index contributed by atoms with van der Waals surface area (Å²) in [4.78, 5) is 29.9. The van der Waals surface area contributed by atoms with Crippen molar-refractivity contribution in [3.05, 3.63) is 63.2 Å². The highest BCUT2D eigenvalue weighted by Gasteiger charge is 2.37. The molecule has 1 N–H and O–H groups in total. The number of thiocarbonyl (C=S) groups is 1. The van der Waals surface area contributed by atoms with Gasteiger partial charge in [-0.25, -0.2) is 0 Å². The molecule has 2 aliphatic rings. The number of hydrogen-bond donors (Lipinski definition) is 1. The number of nitrogens with one attached hydrogen (secondary N) is 1. The molecule has 33 heavy (non-hydrogen) atoms. The molecule has 4 rings (SSSR count). The Labute approximate surface area is 205 Å². The molecular weight excluding hydrogens is 454 g/mol. The molecule has 2 heterocycles. The molecule has 0 radical (unpaired) electrons. The molecule has 1 fully saturated rings. The lowest BCUT2D eigenvalue weighted by Crippen LogP contribution is -2.54. The van der Waals surface area contributed by atoms with Crippen LogP contribution < -0.4 is 15.1 Å². The lowest BCUT2D eigenvalue weighted by atomic mass is 9.80. The zero-order valence-electron chi connectivity index (χ0n) is 19.7. The van der Waals surface area contributed by atoms with E-state index in [1.54, 1.807) is 6.08 Å². The van der Waals surface area contributed by atoms with Crippen LogP contribution in [-0.2, 0) is 9.59 Å². The number of amides is 2. The number of anilines is 2. The van der Waals surface area contributed by atoms with Gasteiger partial charge in [0.15, 0.2) is 5.11 Å². The van der Waals surface area contributed by atoms with Crippen LogP contribution in [0.25, 0.3) is 6.08 Å². The summed E-state index contributed by atoms with van der Waals surface area (Å²) >= 11 is 12.0. The predicted molar refractivity (Wildman–Crippen MR) is 139 cm³/mol. The van der Waals surface area contributed by atoms with Gasteiger partial charge in [0.1, 0.15) is 5.57 Å². The van der Waals surface area contributed by atoms with Gasteiger partial charge >= 0.3 is 0 Å². The van der Waals surface area contributed by atoms with Crippen LogP contribution >= 0.6 is 23.8 Å². The van der Waals surface area contributed by atoms with Crippen molar-refractivity contribution in [2.45, 2.75) is 52.5 Å². The molecule has 2 aromatic rings. The van der Waals surface area contributed by atoms with E-state index in [2.05, 4.69) is 38.0 Å². The summed E-state index contributed by atoms with van der Waals surface area (Å²) in [6, 6.07) is 9.59. The molecule has 1 atom stereocenters. The first-order valence-corrected chi connectivity index (χ1v) is 11.8. The van der Waals surface area contributed by atoms with Crippen molar-refractivity contribution in [3.8, 4) is 0 Å². The quantitative estimate of drug-likeness (QED) is 0.349. The SMILES string of the molecule is Cc1cccc(N2C(=O)/C(=C/c3cc4c(cc3Cl)N(C)C(C)(C)C[C@H]4C)C(=O)NC2=S)c1C. The molecule has 0 aliphatic carbocycles. The summed E-state index contributed by atoms with van der Waals surface area (Å²) in [5, 5.41) is 3.23. The predicted octanol–water partition coefficient (Wildman–Crippen LogP) is 5.51. The van der Waals surface area contributed by atoms with Crippen molar-refractivity contribution in [1.82, 2.24) is 5.32 Å². The fourth-order valence-electron chi connectivity index (χ4n) is 4.72. The van der Waals surface area contributed by atoms with Gasteiger partial charge in [-0.1, -0.05) is 30.7 Å². The smallest absolute Gasteiger partial charge is 0.270 e. The van der Waals surface area contributed by atoms with E-state index < -0.39 is 11.8 Å². The Morgan fingerprint density at radius 1 is 1.18 bits per heavy atom. The number of hydrogen-bond acceptors (Lipinski definition) is 4. The first kappa shape index (κ1) is 23.5. The molecule has 2 aliphatic heterocycles. The Bertz CT molecular complexity index is 1230. The van der Waals surface area contributed by atoms with Crippen molar-refractivity contribution >= 4 is 58.2 Å². The van der Waals surface area contributed by atoms with Crippen LogP contribution in [0.15, 0.2) is 35.9 Å². The number of aryl methyl sites for hydroxylation is 1. The van der Waals surface area contributed by atoms with Crippen molar-refractivity contribution in [1.29, 1.82) is 0 Å². The minimum Gasteiger partial charge on any atom is -0.369 e. The highest BCUT2D eigenvalue weighted by atomic mass is 35.5. The maximum absolute atomic E-state index is 13.5. The van der Waals surface area contributed by atoms with E-state index in [1.165, 1.54) is 4.90 Å². The number of fused-ring (bicyclic) bond motifs is 1. The largest absolute Gasteiger partial charge is 0.369 e. The molecule has 5 nitrogen and oxygen atoms in total. The van der Waals surface area contributed by atoms with Gasteiger partial charge in [-0.05, 0) is 98.8 Å². The molecule has 2 aromatic carbocycles. The summed E-state index contributed by atoms with van der Waals surface area (Å²) in [5.41, 5.74) is 5.49. The number of benzene rings is 2. The summed E-state index contributed by atoms with van der Waals surface area (Å²) in [7, 11) is 2.07. The van der Waals surface area contributed by atoms with Gasteiger partial charge in [0.25, 0.3) is 11.8 Å². The number of rotatable bonds is 2. The lowest BCUT2D eigenvalue weighted by Gasteiger charge is -2.45. The second-order valence-electron chi connectivity index (χ2n) is 9.59. The Balaban J connectivity index is 1.79. The second-order valence-corrected chi connectivity index (χ2v) is 10.4. The van der Waals surface area contributed by atoms with E-state index in [-0.39, 0.29) is 16.2 Å².